The maximum atomic E-state index is 14.3. The van der Waals surface area contributed by atoms with Crippen LogP contribution in [0.1, 0.15) is 31.4 Å². The summed E-state index contributed by atoms with van der Waals surface area (Å²) in [5, 5.41) is 0. The van der Waals surface area contributed by atoms with E-state index in [0.29, 0.717) is 12.8 Å². The molecule has 0 aliphatic rings. The molecule has 0 heterocycles. The van der Waals surface area contributed by atoms with Crippen LogP contribution in [-0.4, -0.2) is 33.7 Å². The van der Waals surface area contributed by atoms with Gasteiger partial charge in [0.1, 0.15) is 5.82 Å². The topological polar surface area (TPSA) is 83.5 Å². The molecule has 182 valence electrons. The second-order valence-electron chi connectivity index (χ2n) is 8.07. The second kappa shape index (κ2) is 11.2. The molecule has 1 atom stereocenters. The molecular weight excluding hydrogens is 475 g/mol. The Labute approximate surface area is 201 Å². The van der Waals surface area contributed by atoms with E-state index in [9.17, 15) is 21.2 Å². The van der Waals surface area contributed by atoms with Gasteiger partial charge in [-0.3, -0.25) is 0 Å². The first-order chi connectivity index (χ1) is 16.1. The Morgan fingerprint density at radius 2 is 1.44 bits per heavy atom. The van der Waals surface area contributed by atoms with Crippen molar-refractivity contribution in [2.75, 3.05) is 6.54 Å². The molecule has 0 saturated heterocycles. The lowest BCUT2D eigenvalue weighted by Crippen LogP contribution is -2.33. The molecule has 1 N–H and O–H groups in total. The molecule has 0 aliphatic carbocycles. The molecule has 6 nitrogen and oxygen atoms in total. The lowest BCUT2D eigenvalue weighted by atomic mass is 10.1. The van der Waals surface area contributed by atoms with Gasteiger partial charge in [-0.15, -0.1) is 0 Å². The number of hydrogen-bond acceptors (Lipinski definition) is 4. The van der Waals surface area contributed by atoms with Crippen LogP contribution >= 0.6 is 0 Å². The molecule has 34 heavy (non-hydrogen) atoms. The number of benzene rings is 3. The SMILES string of the molecule is CC[C@@H](C)NS(=O)(=O)c1ccc(S(=O)(=O)N(CCc2ccccc2)Cc2ccccc2F)cc1. The summed E-state index contributed by atoms with van der Waals surface area (Å²) < 4.78 is 70.1. The molecular formula is C25H29FN2O4S2. The van der Waals surface area contributed by atoms with Gasteiger partial charge >= 0.3 is 0 Å². The van der Waals surface area contributed by atoms with Crippen LogP contribution in [0.4, 0.5) is 4.39 Å². The van der Waals surface area contributed by atoms with Crippen molar-refractivity contribution in [3.8, 4) is 0 Å². The summed E-state index contributed by atoms with van der Waals surface area (Å²) in [6, 6.07) is 20.3. The van der Waals surface area contributed by atoms with Gasteiger partial charge < -0.3 is 0 Å². The van der Waals surface area contributed by atoms with Gasteiger partial charge in [-0.25, -0.2) is 25.9 Å². The minimum atomic E-state index is -4.02. The van der Waals surface area contributed by atoms with E-state index in [-0.39, 0.29) is 34.5 Å². The van der Waals surface area contributed by atoms with Crippen molar-refractivity contribution < 1.29 is 21.2 Å². The minimum Gasteiger partial charge on any atom is -0.208 e. The Morgan fingerprint density at radius 1 is 0.853 bits per heavy atom. The summed E-state index contributed by atoms with van der Waals surface area (Å²) in [4.78, 5) is -0.0731. The van der Waals surface area contributed by atoms with E-state index in [1.165, 1.54) is 34.6 Å². The zero-order valence-corrected chi connectivity index (χ0v) is 20.8. The van der Waals surface area contributed by atoms with Crippen LogP contribution in [0.5, 0.6) is 0 Å². The lowest BCUT2D eigenvalue weighted by molar-refractivity contribution is 0.402. The average molecular weight is 505 g/mol. The summed E-state index contributed by atoms with van der Waals surface area (Å²) in [6.45, 7) is 3.61. The predicted octanol–water partition coefficient (Wildman–Crippen LogP) is 4.34. The Bertz CT molecular complexity index is 1300. The van der Waals surface area contributed by atoms with Crippen LogP contribution in [0.25, 0.3) is 0 Å². The molecule has 0 aromatic heterocycles. The first-order valence-corrected chi connectivity index (χ1v) is 14.0. The largest absolute Gasteiger partial charge is 0.243 e. The molecule has 0 fully saturated rings. The van der Waals surface area contributed by atoms with Crippen molar-refractivity contribution in [1.29, 1.82) is 0 Å². The molecule has 0 aliphatic heterocycles. The van der Waals surface area contributed by atoms with Crippen LogP contribution in [0.2, 0.25) is 0 Å². The number of nitrogens with zero attached hydrogens (tertiary/aromatic N) is 1. The monoisotopic (exact) mass is 504 g/mol. The Hall–Kier alpha value is -2.59. The predicted molar refractivity (Wildman–Crippen MR) is 131 cm³/mol. The number of nitrogens with one attached hydrogen (secondary N) is 1. The highest BCUT2D eigenvalue weighted by atomic mass is 32.2. The van der Waals surface area contributed by atoms with Crippen molar-refractivity contribution in [2.24, 2.45) is 0 Å². The maximum absolute atomic E-state index is 14.3. The summed E-state index contributed by atoms with van der Waals surface area (Å²) in [5.74, 6) is -0.486. The maximum Gasteiger partial charge on any atom is 0.243 e. The normalized spacial score (nSPS) is 13.2. The van der Waals surface area contributed by atoms with Crippen molar-refractivity contribution in [2.45, 2.75) is 49.1 Å². The van der Waals surface area contributed by atoms with E-state index >= 15 is 0 Å². The van der Waals surface area contributed by atoms with E-state index < -0.39 is 25.9 Å². The average Bonchev–Trinajstić information content (AvgIpc) is 2.83. The number of hydrogen-bond donors (Lipinski definition) is 1. The molecule has 0 bridgehead atoms. The van der Waals surface area contributed by atoms with Gasteiger partial charge in [-0.2, -0.15) is 4.31 Å². The molecule has 9 heteroatoms. The van der Waals surface area contributed by atoms with Gasteiger partial charge in [0.05, 0.1) is 9.79 Å². The van der Waals surface area contributed by atoms with Crippen LogP contribution in [0.15, 0.2) is 88.7 Å². The van der Waals surface area contributed by atoms with Gasteiger partial charge in [0.2, 0.25) is 20.0 Å². The summed E-state index contributed by atoms with van der Waals surface area (Å²) >= 11 is 0. The Balaban J connectivity index is 1.90. The van der Waals surface area contributed by atoms with E-state index in [4.69, 9.17) is 0 Å². The number of halogens is 1. The fraction of sp³-hybridized carbons (Fsp3) is 0.280. The molecule has 0 unspecified atom stereocenters. The summed E-state index contributed by atoms with van der Waals surface area (Å²) in [5.41, 5.74) is 1.21. The van der Waals surface area contributed by atoms with E-state index in [2.05, 4.69) is 4.72 Å². The van der Waals surface area contributed by atoms with Crippen molar-refractivity contribution in [3.63, 3.8) is 0 Å². The first kappa shape index (κ1) is 26.0. The number of rotatable bonds is 11. The van der Waals surface area contributed by atoms with Crippen molar-refractivity contribution in [1.82, 2.24) is 9.03 Å². The molecule has 3 aromatic rings. The molecule has 0 radical (unpaired) electrons. The lowest BCUT2D eigenvalue weighted by Gasteiger charge is -2.23. The summed E-state index contributed by atoms with van der Waals surface area (Å²) in [6.07, 6.45) is 1.07. The van der Waals surface area contributed by atoms with Gasteiger partial charge in [0, 0.05) is 24.7 Å². The smallest absolute Gasteiger partial charge is 0.208 e. The third-order valence-corrected chi connectivity index (χ3v) is 9.00. The Morgan fingerprint density at radius 3 is 2.06 bits per heavy atom. The van der Waals surface area contributed by atoms with Gasteiger partial charge in [-0.05, 0) is 55.7 Å². The fourth-order valence-electron chi connectivity index (χ4n) is 3.36. The zero-order chi connectivity index (χ0) is 24.8. The standard InChI is InChI=1S/C25H29FN2O4S2/c1-3-20(2)27-33(29,30)23-13-15-24(16-14-23)34(31,32)28(18-17-21-9-5-4-6-10-21)19-22-11-7-8-12-25(22)26/h4-16,20,27H,3,17-19H2,1-2H3/t20-/m1/s1. The van der Waals surface area contributed by atoms with Gasteiger partial charge in [0.25, 0.3) is 0 Å². The zero-order valence-electron chi connectivity index (χ0n) is 19.2. The molecule has 0 spiro atoms. The Kier molecular flexibility index (Phi) is 8.59. The van der Waals surface area contributed by atoms with Gasteiger partial charge in [-0.1, -0.05) is 55.5 Å². The highest BCUT2D eigenvalue weighted by Crippen LogP contribution is 2.22. The third-order valence-electron chi connectivity index (χ3n) is 5.54. The minimum absolute atomic E-state index is 0.0170. The van der Waals surface area contributed by atoms with Crippen LogP contribution in [0, 0.1) is 5.82 Å². The quantitative estimate of drug-likeness (QED) is 0.421. The van der Waals surface area contributed by atoms with Crippen LogP contribution in [-0.2, 0) is 33.0 Å². The third kappa shape index (κ3) is 6.50. The van der Waals surface area contributed by atoms with Crippen LogP contribution < -0.4 is 4.72 Å². The summed E-state index contributed by atoms with van der Waals surface area (Å²) in [7, 11) is -7.79. The molecule has 0 amide bonds. The molecule has 0 saturated carbocycles. The van der Waals surface area contributed by atoms with Gasteiger partial charge in [0.15, 0.2) is 0 Å². The second-order valence-corrected chi connectivity index (χ2v) is 11.7. The first-order valence-electron chi connectivity index (χ1n) is 11.0. The van der Waals surface area contributed by atoms with E-state index in [1.807, 2.05) is 37.3 Å². The fourth-order valence-corrected chi connectivity index (χ4v) is 6.10. The highest BCUT2D eigenvalue weighted by Gasteiger charge is 2.26. The van der Waals surface area contributed by atoms with E-state index in [0.717, 1.165) is 5.56 Å². The molecule has 3 rings (SSSR count). The number of sulfonamides is 2. The van der Waals surface area contributed by atoms with E-state index in [1.54, 1.807) is 25.1 Å². The molecule has 3 aromatic carbocycles. The van der Waals surface area contributed by atoms with Crippen LogP contribution in [0.3, 0.4) is 0 Å². The highest BCUT2D eigenvalue weighted by molar-refractivity contribution is 7.89. The van der Waals surface area contributed by atoms with Crippen molar-refractivity contribution >= 4 is 20.0 Å². The van der Waals surface area contributed by atoms with Crippen molar-refractivity contribution in [3.05, 3.63) is 95.8 Å².